The Kier molecular flexibility index (Phi) is 9.51. The number of hydrogen-bond donors (Lipinski definition) is 0. The highest BCUT2D eigenvalue weighted by Crippen LogP contribution is 2.32. The molecule has 1 radical (unpaired) electrons. The zero-order valence-corrected chi connectivity index (χ0v) is 25.0. The molecule has 0 aromatic rings. The van der Waals surface area contributed by atoms with Crippen LogP contribution in [0.15, 0.2) is 0 Å². The molecule has 25 heavy (non-hydrogen) atoms. The van der Waals surface area contributed by atoms with Crippen LogP contribution in [0.4, 0.5) is 0 Å². The first kappa shape index (κ1) is 26.1. The Hall–Kier alpha value is 1.14. The maximum Gasteiger partial charge on any atom is 0.469 e. The monoisotopic (exact) mass is 455 g/mol. The third-order valence-electron chi connectivity index (χ3n) is 2.90. The van der Waals surface area contributed by atoms with E-state index in [1.807, 2.05) is 0 Å². The second-order valence-electron chi connectivity index (χ2n) is 10.6. The van der Waals surface area contributed by atoms with Gasteiger partial charge in [-0.1, -0.05) is 0 Å². The fraction of sp³-hybridized carbons (Fsp3) is 1.00. The van der Waals surface area contributed by atoms with E-state index in [0.29, 0.717) is 0 Å². The van der Waals surface area contributed by atoms with Gasteiger partial charge in [-0.3, -0.25) is 0 Å². The van der Waals surface area contributed by atoms with Gasteiger partial charge in [0.25, 0.3) is 0 Å². The Morgan fingerprint density at radius 1 is 0.560 bits per heavy atom. The normalized spacial score (nSPS) is 15.1. The summed E-state index contributed by atoms with van der Waals surface area (Å²) in [6.07, 6.45) is 0. The van der Waals surface area contributed by atoms with Crippen LogP contribution in [0.25, 0.3) is 0 Å². The third kappa shape index (κ3) is 13.9. The minimum atomic E-state index is -2.71. The topological polar surface area (TPSA) is 36.9 Å². The molecule has 0 aromatic carbocycles. The molecule has 0 spiro atoms. The first-order valence-corrected chi connectivity index (χ1v) is 27.0. The Bertz CT molecular complexity index is 369. The van der Waals surface area contributed by atoms with Crippen LogP contribution < -0.4 is 0 Å². The molecule has 0 aromatic heterocycles. The lowest BCUT2D eigenvalue weighted by atomic mass is 10.9. The minimum absolute atomic E-state index is 0.682. The molecule has 0 heterocycles. The van der Waals surface area contributed by atoms with Crippen LogP contribution >= 0.6 is 0 Å². The Morgan fingerprint density at radius 2 is 0.880 bits per heavy atom. The minimum Gasteiger partial charge on any atom is -0.456 e. The molecule has 0 N–H and O–H groups in total. The average molecular weight is 456 g/mol. The first-order valence-electron chi connectivity index (χ1n) is 9.34. The molecule has 0 amide bonds. The van der Waals surface area contributed by atoms with Gasteiger partial charge in [0, 0.05) is 6.04 Å². The standard InChI is InChI=1S/C15H43O4Si6/c1-20(2)16-24(12,13)14-15-25(17-21(3,4)5,18-22(6,7)8)19-23(9,10)11/h14-15H2,1-13H3. The lowest BCUT2D eigenvalue weighted by molar-refractivity contribution is 0.253. The van der Waals surface area contributed by atoms with Crippen molar-refractivity contribution in [3.63, 3.8) is 0 Å². The molecule has 0 saturated heterocycles. The van der Waals surface area contributed by atoms with E-state index in [9.17, 15) is 0 Å². The van der Waals surface area contributed by atoms with Crippen molar-refractivity contribution >= 4 is 51.1 Å². The molecular weight excluding hydrogens is 413 g/mol. The summed E-state index contributed by atoms with van der Waals surface area (Å²) >= 11 is 0. The zero-order valence-electron chi connectivity index (χ0n) is 19.0. The second-order valence-corrected chi connectivity index (χ2v) is 34.2. The van der Waals surface area contributed by atoms with E-state index in [2.05, 4.69) is 85.1 Å². The molecule has 151 valence electrons. The SMILES string of the molecule is C[Si](C)O[Si](C)(C)CC[Si](O[Si](C)(C)C)(O[Si](C)(C)C)O[Si](C)(C)C. The van der Waals surface area contributed by atoms with Gasteiger partial charge in [0.1, 0.15) is 0 Å². The third-order valence-corrected chi connectivity index (χ3v) is 20.6. The number of hydrogen-bond acceptors (Lipinski definition) is 4. The predicted molar refractivity (Wildman–Crippen MR) is 125 cm³/mol. The van der Waals surface area contributed by atoms with E-state index < -0.39 is 51.1 Å². The fourth-order valence-electron chi connectivity index (χ4n) is 2.67. The summed E-state index contributed by atoms with van der Waals surface area (Å²) in [6, 6.07) is 1.95. The van der Waals surface area contributed by atoms with Gasteiger partial charge in [0.15, 0.2) is 42.3 Å². The van der Waals surface area contributed by atoms with Crippen LogP contribution in [-0.2, 0) is 16.5 Å². The maximum absolute atomic E-state index is 6.76. The Morgan fingerprint density at radius 3 is 1.12 bits per heavy atom. The largest absolute Gasteiger partial charge is 0.469 e. The summed E-state index contributed by atoms with van der Waals surface area (Å²) in [5, 5.41) is 0. The Balaban J connectivity index is 5.65. The van der Waals surface area contributed by atoms with Crippen molar-refractivity contribution in [3.8, 4) is 0 Å². The lowest BCUT2D eigenvalue weighted by Gasteiger charge is -2.43. The highest BCUT2D eigenvalue weighted by atomic mass is 28.5. The van der Waals surface area contributed by atoms with Crippen molar-refractivity contribution in [1.29, 1.82) is 0 Å². The summed E-state index contributed by atoms with van der Waals surface area (Å²) in [5.74, 6) is 0. The summed E-state index contributed by atoms with van der Waals surface area (Å²) in [7, 11) is -10.5. The van der Waals surface area contributed by atoms with Gasteiger partial charge < -0.3 is 16.5 Å². The first-order chi connectivity index (χ1) is 10.7. The molecule has 0 aliphatic heterocycles. The molecule has 0 aliphatic carbocycles. The van der Waals surface area contributed by atoms with Gasteiger partial charge in [-0.15, -0.1) is 0 Å². The van der Waals surface area contributed by atoms with Crippen LogP contribution in [0.1, 0.15) is 0 Å². The number of rotatable bonds is 11. The molecule has 0 unspecified atom stereocenters. The highest BCUT2D eigenvalue weighted by molar-refractivity contribution is 6.90. The molecule has 0 bridgehead atoms. The van der Waals surface area contributed by atoms with Crippen LogP contribution in [-0.4, -0.2) is 51.1 Å². The highest BCUT2D eigenvalue weighted by Gasteiger charge is 2.50. The van der Waals surface area contributed by atoms with Crippen molar-refractivity contribution in [2.45, 2.75) is 97.2 Å². The van der Waals surface area contributed by atoms with Gasteiger partial charge in [0.05, 0.1) is 0 Å². The molecule has 0 atom stereocenters. The van der Waals surface area contributed by atoms with Crippen LogP contribution in [0.2, 0.25) is 97.2 Å². The quantitative estimate of drug-likeness (QED) is 0.360. The molecule has 0 rings (SSSR count). The smallest absolute Gasteiger partial charge is 0.456 e. The summed E-state index contributed by atoms with van der Waals surface area (Å²) in [5.41, 5.74) is 0. The Labute approximate surface area is 164 Å². The van der Waals surface area contributed by atoms with E-state index in [4.69, 9.17) is 16.5 Å². The van der Waals surface area contributed by atoms with Crippen molar-refractivity contribution in [1.82, 2.24) is 0 Å². The van der Waals surface area contributed by atoms with Gasteiger partial charge in [-0.05, 0) is 91.2 Å². The lowest BCUT2D eigenvalue weighted by Crippen LogP contribution is -2.61. The summed E-state index contributed by atoms with van der Waals surface area (Å²) in [6.45, 7) is 29.3. The molecular formula is C15H43O4Si6. The van der Waals surface area contributed by atoms with E-state index in [0.717, 1.165) is 12.1 Å². The van der Waals surface area contributed by atoms with Crippen LogP contribution in [0, 0.1) is 0 Å². The zero-order chi connectivity index (χ0) is 20.3. The van der Waals surface area contributed by atoms with Crippen molar-refractivity contribution < 1.29 is 16.5 Å². The van der Waals surface area contributed by atoms with Gasteiger partial charge in [-0.25, -0.2) is 0 Å². The summed E-state index contributed by atoms with van der Waals surface area (Å²) in [4.78, 5) is 0. The molecule has 4 nitrogen and oxygen atoms in total. The van der Waals surface area contributed by atoms with E-state index >= 15 is 0 Å². The fourth-order valence-corrected chi connectivity index (χ4v) is 25.2. The van der Waals surface area contributed by atoms with Crippen molar-refractivity contribution in [2.75, 3.05) is 0 Å². The molecule has 10 heteroatoms. The van der Waals surface area contributed by atoms with Crippen LogP contribution in [0.3, 0.4) is 0 Å². The van der Waals surface area contributed by atoms with Crippen molar-refractivity contribution in [2.24, 2.45) is 0 Å². The van der Waals surface area contributed by atoms with E-state index in [1.165, 1.54) is 0 Å². The maximum atomic E-state index is 6.76. The van der Waals surface area contributed by atoms with Crippen molar-refractivity contribution in [3.05, 3.63) is 0 Å². The molecule has 0 saturated carbocycles. The van der Waals surface area contributed by atoms with Gasteiger partial charge >= 0.3 is 8.80 Å². The average Bonchev–Trinajstić information content (AvgIpc) is 2.16. The van der Waals surface area contributed by atoms with E-state index in [1.54, 1.807) is 0 Å². The van der Waals surface area contributed by atoms with Gasteiger partial charge in [-0.2, -0.15) is 0 Å². The molecule has 0 aliphatic rings. The van der Waals surface area contributed by atoms with Gasteiger partial charge in [0.2, 0.25) is 0 Å². The van der Waals surface area contributed by atoms with E-state index in [-0.39, 0.29) is 0 Å². The molecule has 0 fully saturated rings. The van der Waals surface area contributed by atoms with Crippen LogP contribution in [0.5, 0.6) is 0 Å². The summed E-state index contributed by atoms with van der Waals surface area (Å²) < 4.78 is 26.6. The second kappa shape index (κ2) is 9.09. The predicted octanol–water partition coefficient (Wildman–Crippen LogP) is 5.95.